The Kier molecular flexibility index (Phi) is 5.84. The van der Waals surface area contributed by atoms with Gasteiger partial charge >= 0.3 is 5.97 Å². The molecule has 3 N–H and O–H groups in total. The average molecular weight is 314 g/mol. The Balaban J connectivity index is 2.75. The first kappa shape index (κ1) is 15.8. The second-order valence-electron chi connectivity index (χ2n) is 3.52. The van der Waals surface area contributed by atoms with E-state index in [2.05, 4.69) is 10.6 Å². The molecule has 0 spiro atoms. The van der Waals surface area contributed by atoms with Crippen LogP contribution in [0.2, 0.25) is 10.0 Å². The van der Waals surface area contributed by atoms with Crippen molar-refractivity contribution in [2.24, 2.45) is 0 Å². The quantitative estimate of drug-likeness (QED) is 0.570. The van der Waals surface area contributed by atoms with E-state index in [0.717, 1.165) is 6.20 Å². The number of anilines is 1. The Hall–Kier alpha value is -2.23. The number of nitriles is 1. The number of carbonyl (C=O) groups is 2. The molecule has 104 valence electrons. The van der Waals surface area contributed by atoms with Crippen LogP contribution in [0.5, 0.6) is 0 Å². The number of aliphatic carboxylic acids is 1. The van der Waals surface area contributed by atoms with Crippen LogP contribution in [-0.2, 0) is 9.59 Å². The molecule has 0 radical (unpaired) electrons. The summed E-state index contributed by atoms with van der Waals surface area (Å²) in [7, 11) is 0. The molecule has 8 heteroatoms. The molecule has 0 aliphatic carbocycles. The molecule has 1 aromatic rings. The highest BCUT2D eigenvalue weighted by Crippen LogP contribution is 2.25. The van der Waals surface area contributed by atoms with Crippen molar-refractivity contribution >= 4 is 40.8 Å². The van der Waals surface area contributed by atoms with Gasteiger partial charge in [0.05, 0.1) is 10.0 Å². The summed E-state index contributed by atoms with van der Waals surface area (Å²) in [4.78, 5) is 21.8. The predicted molar refractivity (Wildman–Crippen MR) is 74.4 cm³/mol. The topological polar surface area (TPSA) is 102 Å². The van der Waals surface area contributed by atoms with Crippen molar-refractivity contribution in [1.82, 2.24) is 5.32 Å². The fourth-order valence-corrected chi connectivity index (χ4v) is 1.44. The Morgan fingerprint density at radius 2 is 2.05 bits per heavy atom. The number of benzene rings is 1. The smallest absolute Gasteiger partial charge is 0.322 e. The molecular weight excluding hydrogens is 305 g/mol. The molecule has 0 saturated carbocycles. The van der Waals surface area contributed by atoms with Gasteiger partial charge < -0.3 is 15.7 Å². The number of nitrogens with zero attached hydrogens (tertiary/aromatic N) is 1. The van der Waals surface area contributed by atoms with Crippen LogP contribution in [0.4, 0.5) is 5.69 Å². The third kappa shape index (κ3) is 4.80. The molecule has 1 aromatic carbocycles. The van der Waals surface area contributed by atoms with Gasteiger partial charge in [-0.1, -0.05) is 23.2 Å². The Morgan fingerprint density at radius 1 is 1.35 bits per heavy atom. The van der Waals surface area contributed by atoms with Crippen molar-refractivity contribution in [3.63, 3.8) is 0 Å². The minimum absolute atomic E-state index is 0.266. The molecule has 20 heavy (non-hydrogen) atoms. The van der Waals surface area contributed by atoms with Crippen molar-refractivity contribution < 1.29 is 14.7 Å². The molecule has 0 saturated heterocycles. The maximum atomic E-state index is 11.5. The van der Waals surface area contributed by atoms with E-state index in [9.17, 15) is 9.59 Å². The molecule has 1 rings (SSSR count). The maximum absolute atomic E-state index is 11.5. The van der Waals surface area contributed by atoms with Gasteiger partial charge in [-0.2, -0.15) is 5.26 Å². The van der Waals surface area contributed by atoms with Crippen LogP contribution in [0.15, 0.2) is 30.0 Å². The molecule has 0 unspecified atom stereocenters. The van der Waals surface area contributed by atoms with E-state index >= 15 is 0 Å². The van der Waals surface area contributed by atoms with Crippen molar-refractivity contribution in [2.45, 2.75) is 0 Å². The zero-order valence-corrected chi connectivity index (χ0v) is 11.5. The lowest BCUT2D eigenvalue weighted by Crippen LogP contribution is -2.30. The van der Waals surface area contributed by atoms with Crippen LogP contribution in [0.25, 0.3) is 0 Å². The van der Waals surface area contributed by atoms with E-state index in [1.54, 1.807) is 18.2 Å². The van der Waals surface area contributed by atoms with Crippen LogP contribution >= 0.6 is 23.2 Å². The predicted octanol–water partition coefficient (Wildman–Crippen LogP) is 2.01. The van der Waals surface area contributed by atoms with Crippen LogP contribution < -0.4 is 10.6 Å². The van der Waals surface area contributed by atoms with Gasteiger partial charge in [-0.15, -0.1) is 0 Å². The summed E-state index contributed by atoms with van der Waals surface area (Å²) in [5.74, 6) is -1.99. The van der Waals surface area contributed by atoms with Crippen molar-refractivity contribution in [3.05, 3.63) is 40.0 Å². The fraction of sp³-hybridized carbons (Fsp3) is 0.0833. The first-order valence-electron chi connectivity index (χ1n) is 5.26. The zero-order chi connectivity index (χ0) is 15.1. The van der Waals surface area contributed by atoms with Gasteiger partial charge in [0.15, 0.2) is 0 Å². The SMILES string of the molecule is N#C/C(=C/Nc1ccc(Cl)c(Cl)c1)C(=O)NCC(=O)O. The number of amides is 1. The van der Waals surface area contributed by atoms with Gasteiger partial charge in [0.2, 0.25) is 0 Å². The molecular formula is C12H9Cl2N3O3. The van der Waals surface area contributed by atoms with Crippen molar-refractivity contribution in [2.75, 3.05) is 11.9 Å². The Bertz CT molecular complexity index is 608. The molecule has 0 atom stereocenters. The number of carboxylic acids is 1. The summed E-state index contributed by atoms with van der Waals surface area (Å²) in [5, 5.41) is 22.7. The molecule has 0 aliphatic heterocycles. The summed E-state index contributed by atoms with van der Waals surface area (Å²) in [6.07, 6.45) is 1.15. The minimum atomic E-state index is -1.20. The second-order valence-corrected chi connectivity index (χ2v) is 4.33. The molecule has 0 aliphatic rings. The summed E-state index contributed by atoms with van der Waals surface area (Å²) in [6, 6.07) is 6.33. The number of nitrogens with one attached hydrogen (secondary N) is 2. The van der Waals surface area contributed by atoms with Crippen molar-refractivity contribution in [1.29, 1.82) is 5.26 Å². The standard InChI is InChI=1S/C12H9Cl2N3O3/c13-9-2-1-8(3-10(9)14)16-5-7(4-15)12(20)17-6-11(18)19/h1-3,5,16H,6H2,(H,17,20)(H,18,19)/b7-5-. The minimum Gasteiger partial charge on any atom is -0.480 e. The zero-order valence-electron chi connectivity index (χ0n) is 9.98. The van der Waals surface area contributed by atoms with E-state index in [-0.39, 0.29) is 5.57 Å². The molecule has 0 bridgehead atoms. The van der Waals surface area contributed by atoms with E-state index in [4.69, 9.17) is 33.6 Å². The number of halogens is 2. The maximum Gasteiger partial charge on any atom is 0.322 e. The van der Waals surface area contributed by atoms with E-state index in [0.29, 0.717) is 15.7 Å². The lowest BCUT2D eigenvalue weighted by Gasteiger charge is -2.04. The van der Waals surface area contributed by atoms with Gasteiger partial charge in [0, 0.05) is 11.9 Å². The fourth-order valence-electron chi connectivity index (χ4n) is 1.14. The summed E-state index contributed by atoms with van der Waals surface area (Å²) >= 11 is 11.6. The summed E-state index contributed by atoms with van der Waals surface area (Å²) in [5.41, 5.74) is 0.260. The summed E-state index contributed by atoms with van der Waals surface area (Å²) in [6.45, 7) is -0.565. The third-order valence-electron chi connectivity index (χ3n) is 2.07. The normalized spacial score (nSPS) is 10.6. The molecule has 0 heterocycles. The highest BCUT2D eigenvalue weighted by atomic mass is 35.5. The lowest BCUT2D eigenvalue weighted by atomic mass is 10.2. The van der Waals surface area contributed by atoms with E-state index in [1.165, 1.54) is 6.07 Å². The first-order valence-corrected chi connectivity index (χ1v) is 6.01. The number of rotatable bonds is 5. The van der Waals surface area contributed by atoms with Crippen LogP contribution in [0, 0.1) is 11.3 Å². The van der Waals surface area contributed by atoms with Crippen LogP contribution in [0.1, 0.15) is 0 Å². The van der Waals surface area contributed by atoms with Gasteiger partial charge in [-0.3, -0.25) is 9.59 Å². The van der Waals surface area contributed by atoms with E-state index < -0.39 is 18.4 Å². The number of carboxylic acid groups (broad SMARTS) is 1. The highest BCUT2D eigenvalue weighted by molar-refractivity contribution is 6.42. The third-order valence-corrected chi connectivity index (χ3v) is 2.81. The lowest BCUT2D eigenvalue weighted by molar-refractivity contribution is -0.137. The molecule has 6 nitrogen and oxygen atoms in total. The van der Waals surface area contributed by atoms with Crippen molar-refractivity contribution in [3.8, 4) is 6.07 Å². The van der Waals surface area contributed by atoms with Gasteiger partial charge in [0.25, 0.3) is 5.91 Å². The number of hydrogen-bond acceptors (Lipinski definition) is 4. The summed E-state index contributed by atoms with van der Waals surface area (Å²) < 4.78 is 0. The van der Waals surface area contributed by atoms with Crippen LogP contribution in [-0.4, -0.2) is 23.5 Å². The van der Waals surface area contributed by atoms with Gasteiger partial charge in [-0.05, 0) is 18.2 Å². The first-order chi connectivity index (χ1) is 9.43. The largest absolute Gasteiger partial charge is 0.480 e. The highest BCUT2D eigenvalue weighted by Gasteiger charge is 2.09. The average Bonchev–Trinajstić information content (AvgIpc) is 2.41. The molecule has 0 aromatic heterocycles. The Labute approximate surface area is 124 Å². The number of hydrogen-bond donors (Lipinski definition) is 3. The van der Waals surface area contributed by atoms with E-state index in [1.807, 2.05) is 0 Å². The monoisotopic (exact) mass is 313 g/mol. The molecule has 1 amide bonds. The Morgan fingerprint density at radius 3 is 2.60 bits per heavy atom. The van der Waals surface area contributed by atoms with Gasteiger partial charge in [-0.25, -0.2) is 0 Å². The van der Waals surface area contributed by atoms with Gasteiger partial charge in [0.1, 0.15) is 18.2 Å². The second kappa shape index (κ2) is 7.38. The molecule has 0 fully saturated rings. The number of carbonyl (C=O) groups excluding carboxylic acids is 1. The van der Waals surface area contributed by atoms with Crippen LogP contribution in [0.3, 0.4) is 0 Å².